The van der Waals surface area contributed by atoms with Gasteiger partial charge in [-0.2, -0.15) is 0 Å². The van der Waals surface area contributed by atoms with E-state index in [0.717, 1.165) is 0 Å². The maximum absolute atomic E-state index is 2.55. The summed E-state index contributed by atoms with van der Waals surface area (Å²) in [7, 11) is 0. The Morgan fingerprint density at radius 3 is 1.84 bits per heavy atom. The van der Waals surface area contributed by atoms with Crippen LogP contribution in [0.2, 0.25) is 0 Å². The number of aromatic nitrogens is 2. The summed E-state index contributed by atoms with van der Waals surface area (Å²) in [5, 5.41) is 0. The van der Waals surface area contributed by atoms with Crippen LogP contribution >= 0.6 is 0 Å². The summed E-state index contributed by atoms with van der Waals surface area (Å²) in [5.74, 6) is 1.57. The zero-order chi connectivity index (χ0) is 18.2. The number of hydrogen-bond donors (Lipinski definition) is 0. The summed E-state index contributed by atoms with van der Waals surface area (Å²) in [6, 6.07) is 0. The van der Waals surface area contributed by atoms with E-state index in [1.807, 2.05) is 0 Å². The molecule has 0 aromatic carbocycles. The molecule has 0 N–H and O–H groups in total. The summed E-state index contributed by atoms with van der Waals surface area (Å²) >= 11 is 0. The van der Waals surface area contributed by atoms with Crippen LogP contribution in [0, 0.1) is 0 Å². The number of unbranched alkanes of at least 4 members (excludes halogenated alkanes) is 11. The first-order valence-electron chi connectivity index (χ1n) is 11.4. The number of hydrogen-bond acceptors (Lipinski definition) is 0. The van der Waals surface area contributed by atoms with Crippen molar-refractivity contribution in [3.8, 4) is 0 Å². The molecular weight excluding hydrogens is 304 g/mol. The molecule has 0 radical (unpaired) electrons. The highest BCUT2D eigenvalue weighted by Crippen LogP contribution is 2.11. The van der Waals surface area contributed by atoms with E-state index in [9.17, 15) is 0 Å². The summed E-state index contributed by atoms with van der Waals surface area (Å²) in [6.45, 7) is 9.27. The maximum atomic E-state index is 2.55. The van der Waals surface area contributed by atoms with Crippen LogP contribution in [0.25, 0.3) is 0 Å². The molecule has 0 atom stereocenters. The summed E-state index contributed by atoms with van der Waals surface area (Å²) in [5.41, 5.74) is 0. The quantitative estimate of drug-likeness (QED) is 0.215. The first kappa shape index (κ1) is 22.3. The molecule has 0 aliphatic rings. The Morgan fingerprint density at radius 2 is 1.24 bits per heavy atom. The third kappa shape index (κ3) is 10.1. The van der Waals surface area contributed by atoms with E-state index >= 15 is 0 Å². The Labute approximate surface area is 158 Å². The zero-order valence-electron chi connectivity index (χ0n) is 17.6. The average molecular weight is 350 g/mol. The molecule has 0 aliphatic heterocycles. The van der Waals surface area contributed by atoms with Gasteiger partial charge in [0.25, 0.3) is 5.82 Å². The van der Waals surface area contributed by atoms with Gasteiger partial charge in [-0.25, -0.2) is 9.13 Å². The van der Waals surface area contributed by atoms with Gasteiger partial charge in [-0.3, -0.25) is 0 Å². The molecule has 0 bridgehead atoms. The molecule has 0 saturated heterocycles. The Morgan fingerprint density at radius 1 is 0.680 bits per heavy atom. The third-order valence-corrected chi connectivity index (χ3v) is 5.31. The van der Waals surface area contributed by atoms with E-state index in [2.05, 4.69) is 42.3 Å². The van der Waals surface area contributed by atoms with Crippen molar-refractivity contribution in [3.05, 3.63) is 18.2 Å². The lowest BCUT2D eigenvalue weighted by Crippen LogP contribution is -2.37. The second kappa shape index (κ2) is 15.5. The van der Waals surface area contributed by atoms with Crippen LogP contribution in [0.4, 0.5) is 0 Å². The van der Waals surface area contributed by atoms with Crippen LogP contribution in [0.15, 0.2) is 12.4 Å². The van der Waals surface area contributed by atoms with Gasteiger partial charge >= 0.3 is 0 Å². The van der Waals surface area contributed by atoms with Crippen LogP contribution in [0.1, 0.15) is 116 Å². The van der Waals surface area contributed by atoms with Crippen molar-refractivity contribution in [1.29, 1.82) is 0 Å². The van der Waals surface area contributed by atoms with Crippen LogP contribution in [0.5, 0.6) is 0 Å². The number of rotatable bonds is 17. The van der Waals surface area contributed by atoms with Gasteiger partial charge in [0.1, 0.15) is 12.4 Å². The molecule has 0 saturated carbocycles. The van der Waals surface area contributed by atoms with Gasteiger partial charge in [-0.05, 0) is 25.7 Å². The van der Waals surface area contributed by atoms with Gasteiger partial charge < -0.3 is 0 Å². The van der Waals surface area contributed by atoms with Crippen molar-refractivity contribution in [2.24, 2.45) is 0 Å². The molecule has 0 spiro atoms. The lowest BCUT2D eigenvalue weighted by molar-refractivity contribution is -0.703. The topological polar surface area (TPSA) is 8.81 Å². The molecule has 1 rings (SSSR count). The van der Waals surface area contributed by atoms with Crippen molar-refractivity contribution < 1.29 is 4.57 Å². The number of imidazole rings is 1. The second-order valence-electron chi connectivity index (χ2n) is 7.74. The number of nitrogens with zero attached hydrogens (tertiary/aromatic N) is 2. The molecule has 1 aromatic heterocycles. The monoisotopic (exact) mass is 349 g/mol. The second-order valence-corrected chi connectivity index (χ2v) is 7.74. The predicted octanol–water partition coefficient (Wildman–Crippen LogP) is 6.84. The van der Waals surface area contributed by atoms with Crippen LogP contribution < -0.4 is 4.57 Å². The maximum Gasteiger partial charge on any atom is 0.256 e. The van der Waals surface area contributed by atoms with Crippen LogP contribution in [0.3, 0.4) is 0 Å². The van der Waals surface area contributed by atoms with Crippen molar-refractivity contribution in [3.63, 3.8) is 0 Å². The van der Waals surface area contributed by atoms with E-state index in [-0.39, 0.29) is 0 Å². The number of aryl methyl sites for hydroxylation is 2. The standard InChI is InChI=1S/C23H45N2/c1-4-7-9-11-12-13-15-17-20-25-22-21-24(19-6-3)23(25)18-16-14-10-8-5-2/h21-22H,4-20H2,1-3H3/q+1. The summed E-state index contributed by atoms with van der Waals surface area (Å²) in [4.78, 5) is 0. The third-order valence-electron chi connectivity index (χ3n) is 5.31. The molecule has 2 nitrogen and oxygen atoms in total. The summed E-state index contributed by atoms with van der Waals surface area (Å²) in [6.07, 6.45) is 25.3. The van der Waals surface area contributed by atoms with Gasteiger partial charge in [0.2, 0.25) is 0 Å². The van der Waals surface area contributed by atoms with E-state index in [1.165, 1.54) is 109 Å². The van der Waals surface area contributed by atoms with Crippen molar-refractivity contribution in [1.82, 2.24) is 4.57 Å². The summed E-state index contributed by atoms with van der Waals surface area (Å²) < 4.78 is 5.05. The SMILES string of the molecule is CCCCCCCCCCn1cc[n+](CCC)c1CCCCCCC. The normalized spacial score (nSPS) is 11.3. The van der Waals surface area contributed by atoms with E-state index in [4.69, 9.17) is 0 Å². The highest BCUT2D eigenvalue weighted by atomic mass is 15.1. The van der Waals surface area contributed by atoms with Gasteiger partial charge in [-0.1, -0.05) is 85.0 Å². The van der Waals surface area contributed by atoms with Gasteiger partial charge in [0.15, 0.2) is 0 Å². The molecule has 146 valence electrons. The predicted molar refractivity (Wildman–Crippen MR) is 110 cm³/mol. The molecule has 0 fully saturated rings. The van der Waals surface area contributed by atoms with E-state index in [0.29, 0.717) is 0 Å². The lowest BCUT2D eigenvalue weighted by Gasteiger charge is -2.06. The van der Waals surface area contributed by atoms with Gasteiger partial charge in [0.05, 0.1) is 13.1 Å². The minimum Gasteiger partial charge on any atom is -0.234 e. The lowest BCUT2D eigenvalue weighted by atomic mass is 10.1. The first-order chi connectivity index (χ1) is 12.3. The van der Waals surface area contributed by atoms with E-state index in [1.54, 1.807) is 5.82 Å². The fourth-order valence-corrected chi connectivity index (χ4v) is 3.74. The smallest absolute Gasteiger partial charge is 0.234 e. The van der Waals surface area contributed by atoms with Crippen molar-refractivity contribution in [2.45, 2.75) is 130 Å². The molecular formula is C23H45N2+. The van der Waals surface area contributed by atoms with Crippen molar-refractivity contribution in [2.75, 3.05) is 0 Å². The Kier molecular flexibility index (Phi) is 13.8. The molecule has 2 heteroatoms. The minimum absolute atomic E-state index is 1.18. The first-order valence-corrected chi connectivity index (χ1v) is 11.4. The van der Waals surface area contributed by atoms with E-state index < -0.39 is 0 Å². The molecule has 1 aromatic rings. The highest BCUT2D eigenvalue weighted by Gasteiger charge is 2.15. The van der Waals surface area contributed by atoms with Gasteiger partial charge in [-0.15, -0.1) is 0 Å². The largest absolute Gasteiger partial charge is 0.256 e. The van der Waals surface area contributed by atoms with Crippen molar-refractivity contribution >= 4 is 0 Å². The van der Waals surface area contributed by atoms with Gasteiger partial charge in [0, 0.05) is 6.42 Å². The molecule has 0 unspecified atom stereocenters. The Hall–Kier alpha value is -0.790. The molecule has 1 heterocycles. The fourth-order valence-electron chi connectivity index (χ4n) is 3.74. The Balaban J connectivity index is 2.31. The average Bonchev–Trinajstić information content (AvgIpc) is 2.99. The molecule has 0 amide bonds. The fraction of sp³-hybridized carbons (Fsp3) is 0.870. The highest BCUT2D eigenvalue weighted by molar-refractivity contribution is 4.84. The minimum atomic E-state index is 1.18. The Bertz CT molecular complexity index is 408. The molecule has 25 heavy (non-hydrogen) atoms. The zero-order valence-corrected chi connectivity index (χ0v) is 17.6. The van der Waals surface area contributed by atoms with Crippen LogP contribution in [-0.2, 0) is 19.5 Å². The molecule has 0 aliphatic carbocycles. The van der Waals surface area contributed by atoms with Crippen LogP contribution in [-0.4, -0.2) is 4.57 Å².